The van der Waals surface area contributed by atoms with Crippen molar-refractivity contribution in [1.82, 2.24) is 0 Å². The number of hydrogen-bond acceptors (Lipinski definition) is 2. The lowest BCUT2D eigenvalue weighted by atomic mass is 9.57. The van der Waals surface area contributed by atoms with Crippen molar-refractivity contribution >= 4 is 5.97 Å². The summed E-state index contributed by atoms with van der Waals surface area (Å²) >= 11 is 0. The van der Waals surface area contributed by atoms with E-state index in [9.17, 15) is 23.1 Å². The third-order valence-corrected chi connectivity index (χ3v) is 4.25. The molecular weight excluding hydrogens is 271 g/mol. The van der Waals surface area contributed by atoms with Gasteiger partial charge >= 0.3 is 12.1 Å². The Morgan fingerprint density at radius 2 is 1.85 bits per heavy atom. The predicted molar refractivity (Wildman–Crippen MR) is 67.1 cm³/mol. The number of halogens is 3. The van der Waals surface area contributed by atoms with Crippen molar-refractivity contribution in [3.63, 3.8) is 0 Å². The zero-order chi connectivity index (χ0) is 15.1. The standard InChI is InChI=1S/C14H16F3NO2/c1-8(13(12(19)20)6-11(18)7-13)9-2-4-10(5-3-9)14(15,16)17/h2-5,8,11H,6-7,18H2,1H3,(H,19,20). The number of rotatable bonds is 3. The highest BCUT2D eigenvalue weighted by Gasteiger charge is 2.53. The molecule has 3 N–H and O–H groups in total. The molecular formula is C14H16F3NO2. The van der Waals surface area contributed by atoms with E-state index in [0.717, 1.165) is 12.1 Å². The molecule has 1 saturated carbocycles. The lowest BCUT2D eigenvalue weighted by Gasteiger charge is -2.47. The van der Waals surface area contributed by atoms with E-state index >= 15 is 0 Å². The average Bonchev–Trinajstić information content (AvgIpc) is 2.32. The fourth-order valence-electron chi connectivity index (χ4n) is 2.87. The van der Waals surface area contributed by atoms with Gasteiger partial charge in [0.2, 0.25) is 0 Å². The first-order valence-electron chi connectivity index (χ1n) is 6.33. The Bertz CT molecular complexity index is 504. The van der Waals surface area contributed by atoms with Crippen LogP contribution in [-0.2, 0) is 11.0 Å². The summed E-state index contributed by atoms with van der Waals surface area (Å²) in [7, 11) is 0. The first kappa shape index (κ1) is 14.8. The third kappa shape index (κ3) is 2.40. The minimum Gasteiger partial charge on any atom is -0.481 e. The first-order valence-corrected chi connectivity index (χ1v) is 6.33. The number of benzene rings is 1. The van der Waals surface area contributed by atoms with Gasteiger partial charge in [0.25, 0.3) is 0 Å². The van der Waals surface area contributed by atoms with Crippen molar-refractivity contribution < 1.29 is 23.1 Å². The van der Waals surface area contributed by atoms with E-state index in [-0.39, 0.29) is 12.0 Å². The molecule has 0 radical (unpaired) electrons. The Balaban J connectivity index is 2.25. The molecule has 3 nitrogen and oxygen atoms in total. The minimum absolute atomic E-state index is 0.150. The third-order valence-electron chi connectivity index (χ3n) is 4.25. The van der Waals surface area contributed by atoms with Gasteiger partial charge in [-0.15, -0.1) is 0 Å². The van der Waals surface area contributed by atoms with Gasteiger partial charge in [-0.05, 0) is 36.5 Å². The predicted octanol–water partition coefficient (Wildman–Crippen LogP) is 3.00. The van der Waals surface area contributed by atoms with Crippen LogP contribution >= 0.6 is 0 Å². The molecule has 1 aliphatic rings. The Kier molecular flexibility index (Phi) is 3.54. The second-order valence-corrected chi connectivity index (χ2v) is 5.47. The van der Waals surface area contributed by atoms with Crippen LogP contribution in [0.5, 0.6) is 0 Å². The van der Waals surface area contributed by atoms with Gasteiger partial charge in [-0.1, -0.05) is 19.1 Å². The highest BCUT2D eigenvalue weighted by molar-refractivity contribution is 5.77. The highest BCUT2D eigenvalue weighted by atomic mass is 19.4. The zero-order valence-corrected chi connectivity index (χ0v) is 10.9. The lowest BCUT2D eigenvalue weighted by Crippen LogP contribution is -2.53. The minimum atomic E-state index is -4.38. The summed E-state index contributed by atoms with van der Waals surface area (Å²) in [5.41, 5.74) is 4.57. The normalized spacial score (nSPS) is 27.8. The summed E-state index contributed by atoms with van der Waals surface area (Å²) in [6.45, 7) is 1.72. The van der Waals surface area contributed by atoms with Crippen molar-refractivity contribution in [2.24, 2.45) is 11.1 Å². The summed E-state index contributed by atoms with van der Waals surface area (Å²) in [4.78, 5) is 11.5. The van der Waals surface area contributed by atoms with Crippen LogP contribution in [0.1, 0.15) is 36.8 Å². The molecule has 1 aliphatic carbocycles. The van der Waals surface area contributed by atoms with Crippen LogP contribution in [0.2, 0.25) is 0 Å². The molecule has 0 aromatic heterocycles. The van der Waals surface area contributed by atoms with Crippen molar-refractivity contribution in [1.29, 1.82) is 0 Å². The summed E-state index contributed by atoms with van der Waals surface area (Å²) in [5.74, 6) is -1.31. The fraction of sp³-hybridized carbons (Fsp3) is 0.500. The SMILES string of the molecule is CC(c1ccc(C(F)(F)F)cc1)C1(C(=O)O)CC(N)C1. The van der Waals surface area contributed by atoms with Crippen molar-refractivity contribution in [3.8, 4) is 0 Å². The summed E-state index contributed by atoms with van der Waals surface area (Å²) in [5, 5.41) is 9.38. The molecule has 1 fully saturated rings. The molecule has 0 bridgehead atoms. The molecule has 0 aliphatic heterocycles. The van der Waals surface area contributed by atoms with E-state index < -0.39 is 23.1 Å². The number of carbonyl (C=O) groups is 1. The molecule has 1 aromatic carbocycles. The molecule has 0 heterocycles. The van der Waals surface area contributed by atoms with E-state index in [2.05, 4.69) is 0 Å². The van der Waals surface area contributed by atoms with Crippen molar-refractivity contribution in [3.05, 3.63) is 35.4 Å². The highest BCUT2D eigenvalue weighted by Crippen LogP contribution is 2.51. The maximum Gasteiger partial charge on any atom is 0.416 e. The van der Waals surface area contributed by atoms with Crippen LogP contribution in [0.25, 0.3) is 0 Å². The van der Waals surface area contributed by atoms with Crippen LogP contribution in [-0.4, -0.2) is 17.1 Å². The van der Waals surface area contributed by atoms with E-state index in [1.54, 1.807) is 6.92 Å². The van der Waals surface area contributed by atoms with Crippen molar-refractivity contribution in [2.45, 2.75) is 37.9 Å². The molecule has 20 heavy (non-hydrogen) atoms. The van der Waals surface area contributed by atoms with Crippen LogP contribution < -0.4 is 5.73 Å². The molecule has 1 unspecified atom stereocenters. The second-order valence-electron chi connectivity index (χ2n) is 5.47. The number of carboxylic acid groups (broad SMARTS) is 1. The van der Waals surface area contributed by atoms with Gasteiger partial charge in [0.15, 0.2) is 0 Å². The monoisotopic (exact) mass is 287 g/mol. The smallest absolute Gasteiger partial charge is 0.416 e. The Morgan fingerprint density at radius 1 is 1.35 bits per heavy atom. The van der Waals surface area contributed by atoms with Crippen LogP contribution in [0, 0.1) is 5.41 Å². The van der Waals surface area contributed by atoms with Gasteiger partial charge < -0.3 is 10.8 Å². The zero-order valence-electron chi connectivity index (χ0n) is 10.9. The summed E-state index contributed by atoms with van der Waals surface area (Å²) in [6, 6.07) is 4.52. The van der Waals surface area contributed by atoms with E-state index in [4.69, 9.17) is 5.73 Å². The fourth-order valence-corrected chi connectivity index (χ4v) is 2.87. The molecule has 0 saturated heterocycles. The summed E-state index contributed by atoms with van der Waals surface area (Å²) in [6.07, 6.45) is -3.68. The first-order chi connectivity index (χ1) is 9.17. The van der Waals surface area contributed by atoms with Crippen molar-refractivity contribution in [2.75, 3.05) is 0 Å². The van der Waals surface area contributed by atoms with Gasteiger partial charge in [-0.25, -0.2) is 0 Å². The maximum absolute atomic E-state index is 12.5. The molecule has 1 aromatic rings. The van der Waals surface area contributed by atoms with Gasteiger partial charge in [0.1, 0.15) is 0 Å². The van der Waals surface area contributed by atoms with Gasteiger partial charge in [0.05, 0.1) is 11.0 Å². The van der Waals surface area contributed by atoms with E-state index in [1.165, 1.54) is 12.1 Å². The number of alkyl halides is 3. The molecule has 2 rings (SSSR count). The van der Waals surface area contributed by atoms with Gasteiger partial charge in [0, 0.05) is 6.04 Å². The number of hydrogen-bond donors (Lipinski definition) is 2. The number of aliphatic carboxylic acids is 1. The molecule has 0 spiro atoms. The molecule has 1 atom stereocenters. The lowest BCUT2D eigenvalue weighted by molar-refractivity contribution is -0.157. The Labute approximate surface area is 114 Å². The quantitative estimate of drug-likeness (QED) is 0.898. The molecule has 6 heteroatoms. The average molecular weight is 287 g/mol. The van der Waals surface area contributed by atoms with Gasteiger partial charge in [-0.3, -0.25) is 4.79 Å². The van der Waals surface area contributed by atoms with Crippen LogP contribution in [0.15, 0.2) is 24.3 Å². The van der Waals surface area contributed by atoms with E-state index in [0.29, 0.717) is 18.4 Å². The molecule has 110 valence electrons. The number of nitrogens with two attached hydrogens (primary N) is 1. The molecule has 0 amide bonds. The number of carboxylic acids is 1. The topological polar surface area (TPSA) is 63.3 Å². The van der Waals surface area contributed by atoms with Gasteiger partial charge in [-0.2, -0.15) is 13.2 Å². The van der Waals surface area contributed by atoms with Crippen LogP contribution in [0.3, 0.4) is 0 Å². The largest absolute Gasteiger partial charge is 0.481 e. The van der Waals surface area contributed by atoms with E-state index in [1.807, 2.05) is 0 Å². The Morgan fingerprint density at radius 3 is 2.20 bits per heavy atom. The second kappa shape index (κ2) is 4.77. The maximum atomic E-state index is 12.5. The summed E-state index contributed by atoms with van der Waals surface area (Å²) < 4.78 is 37.5. The Hall–Kier alpha value is -1.56. The van der Waals surface area contributed by atoms with Crippen LogP contribution in [0.4, 0.5) is 13.2 Å².